The Morgan fingerprint density at radius 2 is 1.85 bits per heavy atom. The van der Waals surface area contributed by atoms with Gasteiger partial charge in [-0.1, -0.05) is 18.6 Å². The number of hydrogen-bond donors (Lipinski definition) is 1. The maximum atomic E-state index is 8.95. The smallest absolute Gasteiger partial charge is 0.163 e. The molecule has 1 aliphatic heterocycles. The Hall–Kier alpha value is -3.01. The average Bonchev–Trinajstić information content (AvgIpc) is 2.68. The monoisotopic (exact) mass is 349 g/mol. The Morgan fingerprint density at radius 1 is 1.08 bits per heavy atom. The fraction of sp³-hybridized carbons (Fsp3) is 0.450. The average molecular weight is 349 g/mol. The summed E-state index contributed by atoms with van der Waals surface area (Å²) in [6, 6.07) is 13.4. The van der Waals surface area contributed by atoms with Crippen molar-refractivity contribution in [1.29, 1.82) is 15.8 Å². The second-order valence-electron chi connectivity index (χ2n) is 6.20. The number of allylic oxidation sites excluding steroid dienone is 2. The molecule has 0 unspecified atom stereocenters. The molecule has 1 heterocycles. The molecule has 134 valence electrons. The minimum absolute atomic E-state index is 0.0125. The molecule has 0 saturated carbocycles. The van der Waals surface area contributed by atoms with E-state index in [4.69, 9.17) is 20.5 Å². The SMILES string of the molecule is N#CC(C#N)=C(C#N)NCCCOc1cccc(CN2CCCCC2)c1. The van der Waals surface area contributed by atoms with E-state index in [0.717, 1.165) is 12.3 Å². The molecule has 1 saturated heterocycles. The van der Waals surface area contributed by atoms with Gasteiger partial charge in [-0.3, -0.25) is 4.90 Å². The van der Waals surface area contributed by atoms with E-state index in [2.05, 4.69) is 22.3 Å². The second-order valence-corrected chi connectivity index (χ2v) is 6.20. The normalized spacial score (nSPS) is 13.7. The van der Waals surface area contributed by atoms with Crippen molar-refractivity contribution < 1.29 is 4.74 Å². The zero-order valence-corrected chi connectivity index (χ0v) is 14.9. The highest BCUT2D eigenvalue weighted by Crippen LogP contribution is 2.17. The molecule has 0 spiro atoms. The van der Waals surface area contributed by atoms with Crippen molar-refractivity contribution in [2.75, 3.05) is 26.2 Å². The minimum Gasteiger partial charge on any atom is -0.494 e. The molecule has 1 N–H and O–H groups in total. The summed E-state index contributed by atoms with van der Waals surface area (Å²) in [5.41, 5.74) is 1.07. The van der Waals surface area contributed by atoms with Crippen molar-refractivity contribution >= 4 is 0 Å². The molecular weight excluding hydrogens is 326 g/mol. The Morgan fingerprint density at radius 3 is 2.54 bits per heavy atom. The molecule has 6 heteroatoms. The maximum absolute atomic E-state index is 8.95. The summed E-state index contributed by atoms with van der Waals surface area (Å²) >= 11 is 0. The van der Waals surface area contributed by atoms with Crippen molar-refractivity contribution in [2.24, 2.45) is 0 Å². The van der Waals surface area contributed by atoms with Gasteiger partial charge in [-0.15, -0.1) is 0 Å². The highest BCUT2D eigenvalue weighted by Gasteiger charge is 2.10. The van der Waals surface area contributed by atoms with Crippen LogP contribution in [0.5, 0.6) is 5.75 Å². The number of likely N-dealkylation sites (tertiary alicyclic amines) is 1. The first-order chi connectivity index (χ1) is 12.8. The summed E-state index contributed by atoms with van der Waals surface area (Å²) in [4.78, 5) is 2.48. The maximum Gasteiger partial charge on any atom is 0.163 e. The molecule has 6 nitrogen and oxygen atoms in total. The Labute approximate surface area is 154 Å². The van der Waals surface area contributed by atoms with Gasteiger partial charge in [0.25, 0.3) is 0 Å². The molecule has 2 rings (SSSR count). The molecule has 1 aromatic carbocycles. The largest absolute Gasteiger partial charge is 0.494 e. The van der Waals surface area contributed by atoms with Gasteiger partial charge in [-0.25, -0.2) is 0 Å². The zero-order valence-electron chi connectivity index (χ0n) is 14.9. The van der Waals surface area contributed by atoms with E-state index in [-0.39, 0.29) is 11.3 Å². The van der Waals surface area contributed by atoms with Crippen LogP contribution in [-0.4, -0.2) is 31.1 Å². The quantitative estimate of drug-likeness (QED) is 0.573. The van der Waals surface area contributed by atoms with Gasteiger partial charge >= 0.3 is 0 Å². The van der Waals surface area contributed by atoms with Crippen LogP contribution in [0.25, 0.3) is 0 Å². The van der Waals surface area contributed by atoms with Crippen molar-refractivity contribution in [1.82, 2.24) is 10.2 Å². The second kappa shape index (κ2) is 10.8. The molecule has 1 aliphatic rings. The first-order valence-corrected chi connectivity index (χ1v) is 8.89. The molecular formula is C20H23N5O. The first-order valence-electron chi connectivity index (χ1n) is 8.89. The van der Waals surface area contributed by atoms with Crippen LogP contribution in [0.1, 0.15) is 31.2 Å². The van der Waals surface area contributed by atoms with Gasteiger partial charge in [0.15, 0.2) is 5.57 Å². The molecule has 0 radical (unpaired) electrons. The van der Waals surface area contributed by atoms with E-state index >= 15 is 0 Å². The summed E-state index contributed by atoms with van der Waals surface area (Å²) in [6.07, 6.45) is 4.55. The van der Waals surface area contributed by atoms with E-state index in [1.165, 1.54) is 37.9 Å². The summed E-state index contributed by atoms with van der Waals surface area (Å²) < 4.78 is 5.78. The molecule has 0 bridgehead atoms. The summed E-state index contributed by atoms with van der Waals surface area (Å²) in [7, 11) is 0. The van der Waals surface area contributed by atoms with Gasteiger partial charge in [0.05, 0.1) is 6.61 Å². The number of nitrogens with one attached hydrogen (secondary N) is 1. The molecule has 26 heavy (non-hydrogen) atoms. The zero-order chi connectivity index (χ0) is 18.6. The fourth-order valence-corrected chi connectivity index (χ4v) is 2.91. The molecule has 0 amide bonds. The van der Waals surface area contributed by atoms with Gasteiger partial charge in [-0.05, 0) is 50.0 Å². The predicted octanol–water partition coefficient (Wildman–Crippen LogP) is 2.86. The van der Waals surface area contributed by atoms with Gasteiger partial charge in [0.2, 0.25) is 0 Å². The molecule has 0 aliphatic carbocycles. The topological polar surface area (TPSA) is 95.9 Å². The Bertz CT molecular complexity index is 729. The van der Waals surface area contributed by atoms with Gasteiger partial charge in [-0.2, -0.15) is 15.8 Å². The number of piperidine rings is 1. The summed E-state index contributed by atoms with van der Waals surface area (Å²) in [6.45, 7) is 4.24. The van der Waals surface area contributed by atoms with Crippen molar-refractivity contribution in [3.05, 3.63) is 41.1 Å². The molecule has 0 atom stereocenters. The molecule has 1 fully saturated rings. The predicted molar refractivity (Wildman–Crippen MR) is 97.5 cm³/mol. The number of ether oxygens (including phenoxy) is 1. The van der Waals surface area contributed by atoms with Gasteiger partial charge in [0, 0.05) is 13.1 Å². The van der Waals surface area contributed by atoms with Crippen LogP contribution in [0, 0.1) is 34.0 Å². The Balaban J connectivity index is 1.75. The standard InChI is InChI=1S/C20H23N5O/c21-13-18(14-22)20(15-23)24-8-5-11-26-19-7-4-6-17(12-19)16-25-9-2-1-3-10-25/h4,6-7,12,24H,1-3,5,8-11,16H2. The van der Waals surface area contributed by atoms with Crippen LogP contribution in [-0.2, 0) is 6.54 Å². The number of rotatable bonds is 8. The lowest BCUT2D eigenvalue weighted by atomic mass is 10.1. The molecule has 1 aromatic rings. The van der Waals surface area contributed by atoms with Crippen molar-refractivity contribution in [3.63, 3.8) is 0 Å². The number of nitrogens with zero attached hydrogens (tertiary/aromatic N) is 4. The fourth-order valence-electron chi connectivity index (χ4n) is 2.91. The van der Waals surface area contributed by atoms with Crippen LogP contribution < -0.4 is 10.1 Å². The van der Waals surface area contributed by atoms with E-state index in [1.54, 1.807) is 12.1 Å². The Kier molecular flexibility index (Phi) is 8.00. The van der Waals surface area contributed by atoms with E-state index in [1.807, 2.05) is 18.2 Å². The summed E-state index contributed by atoms with van der Waals surface area (Å²) in [5, 5.41) is 29.3. The third-order valence-corrected chi connectivity index (χ3v) is 4.23. The van der Waals surface area contributed by atoms with Crippen LogP contribution >= 0.6 is 0 Å². The first kappa shape index (κ1) is 19.3. The lowest BCUT2D eigenvalue weighted by Gasteiger charge is -2.26. The highest BCUT2D eigenvalue weighted by molar-refractivity contribution is 5.45. The van der Waals surface area contributed by atoms with E-state index < -0.39 is 0 Å². The van der Waals surface area contributed by atoms with Crippen molar-refractivity contribution in [3.8, 4) is 24.0 Å². The van der Waals surface area contributed by atoms with Gasteiger partial charge in [0.1, 0.15) is 29.7 Å². The lowest BCUT2D eigenvalue weighted by Crippen LogP contribution is -2.29. The van der Waals surface area contributed by atoms with Crippen LogP contribution in [0.3, 0.4) is 0 Å². The highest BCUT2D eigenvalue weighted by atomic mass is 16.5. The summed E-state index contributed by atoms with van der Waals surface area (Å²) in [5.74, 6) is 0.838. The van der Waals surface area contributed by atoms with E-state index in [9.17, 15) is 0 Å². The third kappa shape index (κ3) is 6.13. The van der Waals surface area contributed by atoms with Crippen molar-refractivity contribution in [2.45, 2.75) is 32.2 Å². The number of hydrogen-bond acceptors (Lipinski definition) is 6. The third-order valence-electron chi connectivity index (χ3n) is 4.23. The minimum atomic E-state index is -0.196. The lowest BCUT2D eigenvalue weighted by molar-refractivity contribution is 0.220. The number of benzene rings is 1. The van der Waals surface area contributed by atoms with Crippen LogP contribution in [0.15, 0.2) is 35.5 Å². The van der Waals surface area contributed by atoms with Gasteiger partial charge < -0.3 is 10.1 Å². The van der Waals surface area contributed by atoms with Crippen LogP contribution in [0.2, 0.25) is 0 Å². The number of nitriles is 3. The molecule has 0 aromatic heterocycles. The van der Waals surface area contributed by atoms with Crippen LogP contribution in [0.4, 0.5) is 0 Å². The van der Waals surface area contributed by atoms with E-state index in [0.29, 0.717) is 19.6 Å².